The van der Waals surface area contributed by atoms with Crippen LogP contribution in [-0.4, -0.2) is 39.7 Å². The fourth-order valence-corrected chi connectivity index (χ4v) is 3.21. The number of nitrogens with zero attached hydrogens (tertiary/aromatic N) is 2. The van der Waals surface area contributed by atoms with Gasteiger partial charge in [0.2, 0.25) is 0 Å². The zero-order valence-electron chi connectivity index (χ0n) is 13.6. The van der Waals surface area contributed by atoms with Crippen molar-refractivity contribution in [2.45, 2.75) is 32.4 Å². The van der Waals surface area contributed by atoms with Gasteiger partial charge in [0.25, 0.3) is 5.91 Å². The minimum absolute atomic E-state index is 0.0721. The Bertz CT molecular complexity index is 632. The van der Waals surface area contributed by atoms with E-state index in [4.69, 9.17) is 0 Å². The Balaban J connectivity index is 1.65. The van der Waals surface area contributed by atoms with Crippen molar-refractivity contribution in [2.24, 2.45) is 5.92 Å². The van der Waals surface area contributed by atoms with E-state index in [2.05, 4.69) is 4.57 Å². The lowest BCUT2D eigenvalue weighted by atomic mass is 9.93. The normalized spacial score (nSPS) is 19.6. The highest BCUT2D eigenvalue weighted by Gasteiger charge is 2.26. The van der Waals surface area contributed by atoms with Crippen LogP contribution in [0.2, 0.25) is 0 Å². The molecular formula is C19H24N2O2. The molecule has 0 unspecified atom stereocenters. The van der Waals surface area contributed by atoms with Gasteiger partial charge in [0.1, 0.15) is 0 Å². The molecule has 1 N–H and O–H groups in total. The first-order chi connectivity index (χ1) is 11.1. The quantitative estimate of drug-likeness (QED) is 0.943. The molecule has 0 saturated carbocycles. The SMILES string of the molecule is C[C@H](O)[C@@H]1CCCN(C(=O)c2ccc(Cn3cccc3)cc2)C1. The Labute approximate surface area is 137 Å². The van der Waals surface area contributed by atoms with Crippen molar-refractivity contribution in [3.63, 3.8) is 0 Å². The zero-order chi connectivity index (χ0) is 16.2. The number of aliphatic hydroxyl groups is 1. The molecule has 1 aliphatic rings. The molecule has 1 amide bonds. The van der Waals surface area contributed by atoms with Crippen molar-refractivity contribution in [1.29, 1.82) is 0 Å². The number of likely N-dealkylation sites (tertiary alicyclic amines) is 1. The van der Waals surface area contributed by atoms with Gasteiger partial charge in [0.05, 0.1) is 6.10 Å². The van der Waals surface area contributed by atoms with Crippen LogP contribution in [0.15, 0.2) is 48.8 Å². The predicted molar refractivity (Wildman–Crippen MR) is 90.3 cm³/mol. The number of carbonyl (C=O) groups is 1. The van der Waals surface area contributed by atoms with E-state index < -0.39 is 0 Å². The third-order valence-corrected chi connectivity index (χ3v) is 4.66. The van der Waals surface area contributed by atoms with Crippen LogP contribution < -0.4 is 0 Å². The monoisotopic (exact) mass is 312 g/mol. The molecule has 0 radical (unpaired) electrons. The summed E-state index contributed by atoms with van der Waals surface area (Å²) in [6, 6.07) is 11.9. The first kappa shape index (κ1) is 15.8. The van der Waals surface area contributed by atoms with Crippen LogP contribution in [0, 0.1) is 5.92 Å². The fourth-order valence-electron chi connectivity index (χ4n) is 3.21. The number of amides is 1. The topological polar surface area (TPSA) is 45.5 Å². The summed E-state index contributed by atoms with van der Waals surface area (Å²) >= 11 is 0. The van der Waals surface area contributed by atoms with Gasteiger partial charge in [-0.2, -0.15) is 0 Å². The summed E-state index contributed by atoms with van der Waals surface area (Å²) < 4.78 is 2.11. The molecule has 1 fully saturated rings. The molecule has 4 heteroatoms. The van der Waals surface area contributed by atoms with Gasteiger partial charge in [-0.15, -0.1) is 0 Å². The molecule has 1 aliphatic heterocycles. The van der Waals surface area contributed by atoms with Crippen molar-refractivity contribution >= 4 is 5.91 Å². The van der Waals surface area contributed by atoms with E-state index in [0.717, 1.165) is 31.5 Å². The summed E-state index contributed by atoms with van der Waals surface area (Å²) in [5, 5.41) is 9.77. The van der Waals surface area contributed by atoms with Crippen LogP contribution in [0.4, 0.5) is 0 Å². The maximum Gasteiger partial charge on any atom is 0.253 e. The Morgan fingerprint density at radius 2 is 1.96 bits per heavy atom. The van der Waals surface area contributed by atoms with E-state index in [9.17, 15) is 9.90 Å². The van der Waals surface area contributed by atoms with Gasteiger partial charge in [-0.25, -0.2) is 0 Å². The number of hydrogen-bond donors (Lipinski definition) is 1. The Morgan fingerprint density at radius 3 is 2.61 bits per heavy atom. The average Bonchev–Trinajstić information content (AvgIpc) is 3.08. The lowest BCUT2D eigenvalue weighted by molar-refractivity contribution is 0.0466. The molecule has 2 atom stereocenters. The fraction of sp³-hybridized carbons (Fsp3) is 0.421. The van der Waals surface area contributed by atoms with E-state index in [1.165, 1.54) is 5.56 Å². The van der Waals surface area contributed by atoms with Crippen LogP contribution in [0.1, 0.15) is 35.7 Å². The molecule has 2 aromatic rings. The highest BCUT2D eigenvalue weighted by molar-refractivity contribution is 5.94. The molecule has 1 aromatic heterocycles. The zero-order valence-corrected chi connectivity index (χ0v) is 13.6. The van der Waals surface area contributed by atoms with Crippen LogP contribution in [-0.2, 0) is 6.54 Å². The van der Waals surface area contributed by atoms with Crippen molar-refractivity contribution in [3.05, 3.63) is 59.9 Å². The molecular weight excluding hydrogens is 288 g/mol. The Hall–Kier alpha value is -2.07. The van der Waals surface area contributed by atoms with Gasteiger partial charge in [-0.1, -0.05) is 12.1 Å². The molecule has 0 bridgehead atoms. The first-order valence-electron chi connectivity index (χ1n) is 8.30. The van der Waals surface area contributed by atoms with Gasteiger partial charge in [-0.3, -0.25) is 4.79 Å². The Kier molecular flexibility index (Phi) is 4.82. The van der Waals surface area contributed by atoms with Crippen molar-refractivity contribution < 1.29 is 9.90 Å². The number of rotatable bonds is 4. The molecule has 3 rings (SSSR count). The maximum atomic E-state index is 12.6. The van der Waals surface area contributed by atoms with Crippen LogP contribution in [0.25, 0.3) is 0 Å². The van der Waals surface area contributed by atoms with Gasteiger partial charge in [0, 0.05) is 43.5 Å². The van der Waals surface area contributed by atoms with Gasteiger partial charge in [0.15, 0.2) is 0 Å². The lowest BCUT2D eigenvalue weighted by Gasteiger charge is -2.34. The van der Waals surface area contributed by atoms with Crippen LogP contribution in [0.3, 0.4) is 0 Å². The minimum Gasteiger partial charge on any atom is -0.393 e. The van der Waals surface area contributed by atoms with E-state index in [0.29, 0.717) is 6.54 Å². The lowest BCUT2D eigenvalue weighted by Crippen LogP contribution is -2.42. The number of carbonyl (C=O) groups excluding carboxylic acids is 1. The summed E-state index contributed by atoms with van der Waals surface area (Å²) in [5.41, 5.74) is 1.91. The van der Waals surface area contributed by atoms with Gasteiger partial charge >= 0.3 is 0 Å². The molecule has 0 spiro atoms. The molecule has 4 nitrogen and oxygen atoms in total. The third kappa shape index (κ3) is 3.82. The van der Waals surface area contributed by atoms with Gasteiger partial charge < -0.3 is 14.6 Å². The van der Waals surface area contributed by atoms with Crippen LogP contribution >= 0.6 is 0 Å². The molecule has 1 aromatic carbocycles. The van der Waals surface area contributed by atoms with Gasteiger partial charge in [-0.05, 0) is 49.6 Å². The van der Waals surface area contributed by atoms with Crippen LogP contribution in [0.5, 0.6) is 0 Å². The van der Waals surface area contributed by atoms with E-state index >= 15 is 0 Å². The number of piperidine rings is 1. The van der Waals surface area contributed by atoms with Crippen molar-refractivity contribution in [2.75, 3.05) is 13.1 Å². The number of aliphatic hydroxyl groups excluding tert-OH is 1. The summed E-state index contributed by atoms with van der Waals surface area (Å²) in [5.74, 6) is 0.267. The number of benzene rings is 1. The summed E-state index contributed by atoms with van der Waals surface area (Å²) in [6.45, 7) is 4.07. The summed E-state index contributed by atoms with van der Waals surface area (Å²) in [7, 11) is 0. The highest BCUT2D eigenvalue weighted by atomic mass is 16.3. The third-order valence-electron chi connectivity index (χ3n) is 4.66. The molecule has 122 valence electrons. The molecule has 2 heterocycles. The van der Waals surface area contributed by atoms with E-state index in [1.807, 2.05) is 60.6 Å². The molecule has 23 heavy (non-hydrogen) atoms. The summed E-state index contributed by atoms with van der Waals surface area (Å²) in [4.78, 5) is 14.5. The summed E-state index contributed by atoms with van der Waals surface area (Å²) in [6.07, 6.45) is 5.67. The van der Waals surface area contributed by atoms with Crippen molar-refractivity contribution in [1.82, 2.24) is 9.47 Å². The van der Waals surface area contributed by atoms with E-state index in [-0.39, 0.29) is 17.9 Å². The maximum absolute atomic E-state index is 12.6. The Morgan fingerprint density at radius 1 is 1.26 bits per heavy atom. The largest absolute Gasteiger partial charge is 0.393 e. The molecule has 1 saturated heterocycles. The number of hydrogen-bond acceptors (Lipinski definition) is 2. The van der Waals surface area contributed by atoms with Crippen molar-refractivity contribution in [3.8, 4) is 0 Å². The second-order valence-corrected chi connectivity index (χ2v) is 6.45. The number of aromatic nitrogens is 1. The van der Waals surface area contributed by atoms with E-state index in [1.54, 1.807) is 0 Å². The second-order valence-electron chi connectivity index (χ2n) is 6.45. The smallest absolute Gasteiger partial charge is 0.253 e. The highest BCUT2D eigenvalue weighted by Crippen LogP contribution is 2.21. The molecule has 0 aliphatic carbocycles. The minimum atomic E-state index is -0.352. The first-order valence-corrected chi connectivity index (χ1v) is 8.30. The predicted octanol–water partition coefficient (Wildman–Crippen LogP) is 2.77. The second kappa shape index (κ2) is 7.01. The average molecular weight is 312 g/mol. The standard InChI is InChI=1S/C19H24N2O2/c1-15(22)18-5-4-12-21(14-18)19(23)17-8-6-16(7-9-17)13-20-10-2-3-11-20/h2-3,6-11,15,18,22H,4-5,12-14H2,1H3/t15-,18+/m0/s1.